The first-order chi connectivity index (χ1) is 3.13. The van der Waals surface area contributed by atoms with Gasteiger partial charge in [0.1, 0.15) is 0 Å². The van der Waals surface area contributed by atoms with Crippen molar-refractivity contribution in [3.8, 4) is 0 Å². The predicted octanol–water partition coefficient (Wildman–Crippen LogP) is -1.32. The molecule has 0 aliphatic carbocycles. The molecular formula is C2H5KN2O3. The molecule has 3 amide bonds. The van der Waals surface area contributed by atoms with Gasteiger partial charge < -0.3 is 10.8 Å². The number of imide groups is 1. The van der Waals surface area contributed by atoms with Gasteiger partial charge in [0.15, 0.2) is 0 Å². The molecule has 0 aromatic carbocycles. The average Bonchev–Trinajstić information content (AvgIpc) is 1.27. The molecule has 0 saturated heterocycles. The van der Waals surface area contributed by atoms with Gasteiger partial charge in [-0.05, 0) is 0 Å². The van der Waals surface area contributed by atoms with Crippen molar-refractivity contribution in [1.29, 1.82) is 0 Å². The molecular weight excluding hydrogens is 139 g/mol. The van der Waals surface area contributed by atoms with Crippen LogP contribution in [0.4, 0.5) is 9.59 Å². The molecule has 0 unspecified atom stereocenters. The number of hydrogen-bond donors (Lipinski definition) is 3. The molecule has 0 fully saturated rings. The molecule has 0 rings (SSSR count). The molecule has 0 aromatic heterocycles. The van der Waals surface area contributed by atoms with Crippen molar-refractivity contribution in [1.82, 2.24) is 5.32 Å². The fraction of sp³-hybridized carbons (Fsp3) is 0. The van der Waals surface area contributed by atoms with Gasteiger partial charge in [-0.3, -0.25) is 0 Å². The summed E-state index contributed by atoms with van der Waals surface area (Å²) in [6.07, 6.45) is -1.44. The SMILES string of the molecule is NC(=O)NC(=O)O.[KH]. The van der Waals surface area contributed by atoms with E-state index in [1.54, 1.807) is 0 Å². The van der Waals surface area contributed by atoms with Crippen molar-refractivity contribution >= 4 is 63.5 Å². The Hall–Kier alpha value is 0.376. The second-order valence-electron chi connectivity index (χ2n) is 0.794. The van der Waals surface area contributed by atoms with Crippen molar-refractivity contribution in [2.75, 3.05) is 0 Å². The molecule has 5 nitrogen and oxygen atoms in total. The van der Waals surface area contributed by atoms with Crippen LogP contribution in [-0.4, -0.2) is 68.6 Å². The fourth-order valence-electron chi connectivity index (χ4n) is 0.105. The zero-order valence-corrected chi connectivity index (χ0v) is 3.34. The summed E-state index contributed by atoms with van der Waals surface area (Å²) in [5.41, 5.74) is 4.36. The Bertz CT molecular complexity index is 91.5. The van der Waals surface area contributed by atoms with Crippen molar-refractivity contribution < 1.29 is 14.7 Å². The van der Waals surface area contributed by atoms with E-state index >= 15 is 0 Å². The monoisotopic (exact) mass is 144 g/mol. The van der Waals surface area contributed by atoms with E-state index in [9.17, 15) is 9.59 Å². The van der Waals surface area contributed by atoms with Crippen LogP contribution in [0.15, 0.2) is 0 Å². The summed E-state index contributed by atoms with van der Waals surface area (Å²) in [4.78, 5) is 18.9. The van der Waals surface area contributed by atoms with E-state index in [4.69, 9.17) is 5.11 Å². The summed E-state index contributed by atoms with van der Waals surface area (Å²) in [6.45, 7) is 0. The molecule has 8 heavy (non-hydrogen) atoms. The third-order valence-corrected chi connectivity index (χ3v) is 0.230. The first kappa shape index (κ1) is 11.2. The van der Waals surface area contributed by atoms with E-state index in [2.05, 4.69) is 5.73 Å². The quantitative estimate of drug-likeness (QED) is 0.368. The standard InChI is InChI=1S/C2H4N2O3.K.H/c3-1(5)4-2(6)7;;/h(H,6,7)(H3,3,4,5);;. The van der Waals surface area contributed by atoms with Crippen LogP contribution in [0.25, 0.3) is 0 Å². The number of nitrogens with one attached hydrogen (secondary N) is 1. The van der Waals surface area contributed by atoms with E-state index in [1.165, 1.54) is 5.32 Å². The zero-order chi connectivity index (χ0) is 5.86. The molecule has 0 aliphatic rings. The summed E-state index contributed by atoms with van der Waals surface area (Å²) < 4.78 is 0. The number of amides is 3. The molecule has 0 spiro atoms. The first-order valence-corrected chi connectivity index (χ1v) is 1.42. The summed E-state index contributed by atoms with van der Waals surface area (Å²) in [5, 5.41) is 9.03. The minimum atomic E-state index is -1.44. The Kier molecular flexibility index (Phi) is 7.72. The number of primary amides is 1. The summed E-state index contributed by atoms with van der Waals surface area (Å²) in [5.74, 6) is 0. The van der Waals surface area contributed by atoms with Gasteiger partial charge in [-0.15, -0.1) is 0 Å². The van der Waals surface area contributed by atoms with Crippen LogP contribution >= 0.6 is 0 Å². The number of nitrogens with two attached hydrogens (primary N) is 1. The van der Waals surface area contributed by atoms with Crippen LogP contribution < -0.4 is 11.1 Å². The van der Waals surface area contributed by atoms with E-state index in [1.807, 2.05) is 0 Å². The van der Waals surface area contributed by atoms with E-state index in [0.717, 1.165) is 0 Å². The molecule has 0 heterocycles. The van der Waals surface area contributed by atoms with Gasteiger partial charge in [-0.2, -0.15) is 0 Å². The number of hydrogen-bond acceptors (Lipinski definition) is 2. The topological polar surface area (TPSA) is 92.4 Å². The maximum absolute atomic E-state index is 9.54. The third kappa shape index (κ3) is 9.62. The van der Waals surface area contributed by atoms with Gasteiger partial charge in [0.25, 0.3) is 0 Å². The van der Waals surface area contributed by atoms with Crippen molar-refractivity contribution in [2.45, 2.75) is 0 Å². The van der Waals surface area contributed by atoms with Crippen LogP contribution in [0.1, 0.15) is 0 Å². The Morgan fingerprint density at radius 2 is 1.88 bits per heavy atom. The average molecular weight is 144 g/mol. The van der Waals surface area contributed by atoms with E-state index < -0.39 is 12.1 Å². The van der Waals surface area contributed by atoms with E-state index in [0.29, 0.717) is 0 Å². The number of urea groups is 1. The molecule has 42 valence electrons. The second kappa shape index (κ2) is 5.51. The molecule has 0 bridgehead atoms. The predicted molar refractivity (Wildman–Crippen MR) is 27.9 cm³/mol. The Morgan fingerprint density at radius 3 is 1.88 bits per heavy atom. The van der Waals surface area contributed by atoms with Gasteiger partial charge in [0, 0.05) is 0 Å². The second-order valence-corrected chi connectivity index (χ2v) is 0.794. The molecule has 6 heteroatoms. The third-order valence-electron chi connectivity index (χ3n) is 0.230. The summed E-state index contributed by atoms with van der Waals surface area (Å²) in [7, 11) is 0. The number of carboxylic acid groups (broad SMARTS) is 1. The number of carbonyl (C=O) groups is 2. The fourth-order valence-corrected chi connectivity index (χ4v) is 0.105. The van der Waals surface area contributed by atoms with E-state index in [-0.39, 0.29) is 51.4 Å². The van der Waals surface area contributed by atoms with Gasteiger partial charge in [-0.25, -0.2) is 14.9 Å². The molecule has 0 aliphatic heterocycles. The number of rotatable bonds is 0. The first-order valence-electron chi connectivity index (χ1n) is 1.42. The van der Waals surface area contributed by atoms with Crippen LogP contribution in [0.5, 0.6) is 0 Å². The van der Waals surface area contributed by atoms with Crippen LogP contribution in [-0.2, 0) is 0 Å². The van der Waals surface area contributed by atoms with Crippen molar-refractivity contribution in [3.63, 3.8) is 0 Å². The summed E-state index contributed by atoms with van der Waals surface area (Å²) in [6, 6.07) is -1.06. The minimum absolute atomic E-state index is 0. The maximum atomic E-state index is 9.54. The molecule has 0 saturated carbocycles. The van der Waals surface area contributed by atoms with Crippen molar-refractivity contribution in [2.24, 2.45) is 5.73 Å². The van der Waals surface area contributed by atoms with Crippen LogP contribution in [0, 0.1) is 0 Å². The Balaban J connectivity index is 0. The summed E-state index contributed by atoms with van der Waals surface area (Å²) >= 11 is 0. The van der Waals surface area contributed by atoms with Crippen molar-refractivity contribution in [3.05, 3.63) is 0 Å². The van der Waals surface area contributed by atoms with Crippen LogP contribution in [0.2, 0.25) is 0 Å². The van der Waals surface area contributed by atoms with Gasteiger partial charge in [0.2, 0.25) is 0 Å². The number of carbonyl (C=O) groups excluding carboxylic acids is 1. The Morgan fingerprint density at radius 1 is 1.50 bits per heavy atom. The Labute approximate surface area is 88.0 Å². The van der Waals surface area contributed by atoms with Gasteiger partial charge in [-0.1, -0.05) is 0 Å². The molecule has 0 radical (unpaired) electrons. The normalized spacial score (nSPS) is 6.50. The molecule has 0 aromatic rings. The zero-order valence-electron chi connectivity index (χ0n) is 3.34. The molecule has 4 N–H and O–H groups in total. The molecule has 0 atom stereocenters. The van der Waals surface area contributed by atoms with Gasteiger partial charge in [0.05, 0.1) is 0 Å². The van der Waals surface area contributed by atoms with Crippen LogP contribution in [0.3, 0.4) is 0 Å². The van der Waals surface area contributed by atoms with Gasteiger partial charge >= 0.3 is 63.5 Å².